The summed E-state index contributed by atoms with van der Waals surface area (Å²) in [5.41, 5.74) is 0. The van der Waals surface area contributed by atoms with E-state index in [-0.39, 0.29) is 5.75 Å². The summed E-state index contributed by atoms with van der Waals surface area (Å²) in [5.74, 6) is -0.236. The molecule has 74 valence electrons. The van der Waals surface area contributed by atoms with Gasteiger partial charge in [-0.05, 0) is 19.9 Å². The van der Waals surface area contributed by atoms with E-state index in [1.807, 2.05) is 0 Å². The average molecular weight is 197 g/mol. The first kappa shape index (κ1) is 11.8. The molecule has 3 N–H and O–H groups in total. The third-order valence-electron chi connectivity index (χ3n) is 1.20. The van der Waals surface area contributed by atoms with Gasteiger partial charge in [-0.25, -0.2) is 0 Å². The van der Waals surface area contributed by atoms with Crippen LogP contribution in [0, 0.1) is 0 Å². The molecular formula is C6H15NO4S. The normalized spacial score (nSPS) is 14.6. The third kappa shape index (κ3) is 9.83. The molecule has 0 rings (SSSR count). The molecule has 0 radical (unpaired) electrons. The Labute approximate surface area is 72.5 Å². The lowest BCUT2D eigenvalue weighted by Crippen LogP contribution is -2.26. The molecule has 0 aliphatic heterocycles. The highest BCUT2D eigenvalue weighted by Gasteiger charge is 2.02. The molecule has 0 saturated heterocycles. The second-order valence-corrected chi connectivity index (χ2v) is 4.26. The smallest absolute Gasteiger partial charge is 0.264 e. The van der Waals surface area contributed by atoms with Crippen LogP contribution in [0.5, 0.6) is 0 Å². The molecule has 0 amide bonds. The summed E-state index contributed by atoms with van der Waals surface area (Å²) in [7, 11) is -3.83. The number of hydrogen-bond donors (Lipinski definition) is 3. The van der Waals surface area contributed by atoms with Gasteiger partial charge in [0.05, 0.1) is 11.9 Å². The minimum atomic E-state index is -3.83. The van der Waals surface area contributed by atoms with Crippen molar-refractivity contribution < 1.29 is 18.1 Å². The number of aliphatic hydroxyl groups excluding tert-OH is 1. The molecule has 0 aromatic rings. The van der Waals surface area contributed by atoms with Gasteiger partial charge < -0.3 is 10.4 Å². The van der Waals surface area contributed by atoms with Gasteiger partial charge in [0, 0.05) is 6.54 Å². The van der Waals surface area contributed by atoms with Crippen molar-refractivity contribution in [2.45, 2.75) is 19.4 Å². The van der Waals surface area contributed by atoms with E-state index in [2.05, 4.69) is 5.32 Å². The fourth-order valence-corrected chi connectivity index (χ4v) is 1.20. The van der Waals surface area contributed by atoms with Crippen LogP contribution in [0.4, 0.5) is 0 Å². The molecule has 0 spiro atoms. The van der Waals surface area contributed by atoms with Crippen molar-refractivity contribution in [1.82, 2.24) is 5.32 Å². The number of hydrogen-bond acceptors (Lipinski definition) is 4. The quantitative estimate of drug-likeness (QED) is 0.384. The molecule has 0 fully saturated rings. The second kappa shape index (κ2) is 5.47. The van der Waals surface area contributed by atoms with E-state index in [9.17, 15) is 8.42 Å². The van der Waals surface area contributed by atoms with Crippen LogP contribution in [-0.2, 0) is 10.1 Å². The Morgan fingerprint density at radius 1 is 1.50 bits per heavy atom. The van der Waals surface area contributed by atoms with E-state index in [0.717, 1.165) is 0 Å². The zero-order valence-electron chi connectivity index (χ0n) is 7.02. The van der Waals surface area contributed by atoms with Crippen LogP contribution in [0.3, 0.4) is 0 Å². The van der Waals surface area contributed by atoms with Crippen molar-refractivity contribution >= 4 is 10.1 Å². The maximum absolute atomic E-state index is 10.2. The van der Waals surface area contributed by atoms with Gasteiger partial charge in [-0.3, -0.25) is 4.55 Å². The fraction of sp³-hybridized carbons (Fsp3) is 1.00. The van der Waals surface area contributed by atoms with Crippen molar-refractivity contribution in [3.05, 3.63) is 0 Å². The van der Waals surface area contributed by atoms with E-state index in [1.54, 1.807) is 6.92 Å². The van der Waals surface area contributed by atoms with Crippen LogP contribution < -0.4 is 5.32 Å². The van der Waals surface area contributed by atoms with Crippen molar-refractivity contribution in [3.8, 4) is 0 Å². The Morgan fingerprint density at radius 2 is 2.08 bits per heavy atom. The molecule has 0 aliphatic carbocycles. The zero-order chi connectivity index (χ0) is 9.61. The first-order chi connectivity index (χ1) is 5.42. The largest absolute Gasteiger partial charge is 0.392 e. The van der Waals surface area contributed by atoms with Gasteiger partial charge in [0.15, 0.2) is 0 Å². The average Bonchev–Trinajstić information content (AvgIpc) is 1.83. The molecule has 0 aromatic heterocycles. The van der Waals surface area contributed by atoms with Crippen LogP contribution in [-0.4, -0.2) is 43.0 Å². The van der Waals surface area contributed by atoms with Crippen molar-refractivity contribution in [3.63, 3.8) is 0 Å². The Balaban J connectivity index is 3.23. The Morgan fingerprint density at radius 3 is 2.50 bits per heavy atom. The molecule has 12 heavy (non-hydrogen) atoms. The molecule has 6 heteroatoms. The lowest BCUT2D eigenvalue weighted by atomic mass is 10.4. The molecule has 0 saturated carbocycles. The van der Waals surface area contributed by atoms with Gasteiger partial charge >= 0.3 is 0 Å². The van der Waals surface area contributed by atoms with Gasteiger partial charge in [0.1, 0.15) is 0 Å². The summed E-state index contributed by atoms with van der Waals surface area (Å²) in [6.07, 6.45) is -0.0818. The number of aliphatic hydroxyl groups is 1. The lowest BCUT2D eigenvalue weighted by molar-refractivity contribution is 0.191. The zero-order valence-corrected chi connectivity index (χ0v) is 7.84. The number of rotatable bonds is 6. The van der Waals surface area contributed by atoms with Crippen LogP contribution in [0.1, 0.15) is 13.3 Å². The van der Waals surface area contributed by atoms with Crippen LogP contribution >= 0.6 is 0 Å². The summed E-state index contributed by atoms with van der Waals surface area (Å²) in [5, 5.41) is 11.6. The Kier molecular flexibility index (Phi) is 5.39. The Hall–Kier alpha value is -0.170. The molecule has 0 aliphatic rings. The van der Waals surface area contributed by atoms with Gasteiger partial charge in [-0.2, -0.15) is 8.42 Å². The summed E-state index contributed by atoms with van der Waals surface area (Å²) in [6.45, 7) is 2.55. The second-order valence-electron chi connectivity index (χ2n) is 2.69. The van der Waals surface area contributed by atoms with Crippen molar-refractivity contribution in [2.75, 3.05) is 18.8 Å². The molecular weight excluding hydrogens is 182 g/mol. The molecule has 0 unspecified atom stereocenters. The van der Waals surface area contributed by atoms with Crippen LogP contribution in [0.25, 0.3) is 0 Å². The van der Waals surface area contributed by atoms with Gasteiger partial charge in [0.25, 0.3) is 10.1 Å². The lowest BCUT2D eigenvalue weighted by Gasteiger charge is -2.05. The molecule has 0 bridgehead atoms. The van der Waals surface area contributed by atoms with Crippen LogP contribution in [0.15, 0.2) is 0 Å². The SMILES string of the molecule is C[C@@H](O)CNCCCS(=O)(=O)O. The maximum Gasteiger partial charge on any atom is 0.264 e. The first-order valence-electron chi connectivity index (χ1n) is 3.76. The summed E-state index contributed by atoms with van der Waals surface area (Å²) in [4.78, 5) is 0. The third-order valence-corrected chi connectivity index (χ3v) is 2.00. The van der Waals surface area contributed by atoms with Crippen molar-refractivity contribution in [2.24, 2.45) is 0 Å². The van der Waals surface area contributed by atoms with Gasteiger partial charge in [0.2, 0.25) is 0 Å². The Bertz CT molecular complexity index is 200. The van der Waals surface area contributed by atoms with E-state index < -0.39 is 16.2 Å². The summed E-state index contributed by atoms with van der Waals surface area (Å²) < 4.78 is 28.7. The van der Waals surface area contributed by atoms with E-state index in [1.165, 1.54) is 0 Å². The minimum Gasteiger partial charge on any atom is -0.392 e. The monoisotopic (exact) mass is 197 g/mol. The summed E-state index contributed by atoms with van der Waals surface area (Å²) in [6, 6.07) is 0. The van der Waals surface area contributed by atoms with Crippen LogP contribution in [0.2, 0.25) is 0 Å². The topological polar surface area (TPSA) is 86.6 Å². The molecule has 0 aromatic carbocycles. The maximum atomic E-state index is 10.2. The number of nitrogens with one attached hydrogen (secondary N) is 1. The van der Waals surface area contributed by atoms with E-state index in [0.29, 0.717) is 19.5 Å². The van der Waals surface area contributed by atoms with Gasteiger partial charge in [-0.15, -0.1) is 0 Å². The van der Waals surface area contributed by atoms with Crippen molar-refractivity contribution in [1.29, 1.82) is 0 Å². The molecule has 5 nitrogen and oxygen atoms in total. The van der Waals surface area contributed by atoms with E-state index in [4.69, 9.17) is 9.66 Å². The molecule has 0 heterocycles. The molecule has 1 atom stereocenters. The first-order valence-corrected chi connectivity index (χ1v) is 5.36. The summed E-state index contributed by atoms with van der Waals surface area (Å²) >= 11 is 0. The predicted octanol–water partition coefficient (Wildman–Crippen LogP) is -0.765. The van der Waals surface area contributed by atoms with E-state index >= 15 is 0 Å². The fourth-order valence-electron chi connectivity index (χ4n) is 0.691. The standard InChI is InChI=1S/C6H15NO4S/c1-6(8)5-7-3-2-4-12(9,10)11/h6-8H,2-5H2,1H3,(H,9,10,11)/t6-/m1/s1. The predicted molar refractivity (Wildman–Crippen MR) is 45.6 cm³/mol. The highest BCUT2D eigenvalue weighted by atomic mass is 32.2. The minimum absolute atomic E-state index is 0.236. The highest BCUT2D eigenvalue weighted by Crippen LogP contribution is 1.86. The van der Waals surface area contributed by atoms with Gasteiger partial charge in [-0.1, -0.05) is 0 Å². The highest BCUT2D eigenvalue weighted by molar-refractivity contribution is 7.85.